The number of hydrogen-bond donors (Lipinski definition) is 2. The molecule has 8 nitrogen and oxygen atoms in total. The minimum atomic E-state index is -0.493. The van der Waals surface area contributed by atoms with Crippen LogP contribution < -0.4 is 20.3 Å². The Hall–Kier alpha value is -4.59. The monoisotopic (exact) mass is 470 g/mol. The SMILES string of the molecule is CCOc1ccc(C(=O)NNC(=O)c2cn(-c3ccccc3)nc2-c2ccccc2C)cc1OC. The number of rotatable bonds is 7. The molecule has 0 unspecified atom stereocenters. The fraction of sp³-hybridized carbons (Fsp3) is 0.148. The molecule has 8 heteroatoms. The van der Waals surface area contributed by atoms with Gasteiger partial charge in [0.15, 0.2) is 11.5 Å². The predicted molar refractivity (Wildman–Crippen MR) is 133 cm³/mol. The van der Waals surface area contributed by atoms with Crippen LogP contribution in [0.5, 0.6) is 11.5 Å². The van der Waals surface area contributed by atoms with Gasteiger partial charge in [-0.05, 0) is 49.7 Å². The van der Waals surface area contributed by atoms with Crippen LogP contribution >= 0.6 is 0 Å². The lowest BCUT2D eigenvalue weighted by atomic mass is 10.0. The van der Waals surface area contributed by atoms with Crippen LogP contribution in [-0.4, -0.2) is 35.3 Å². The fourth-order valence-electron chi connectivity index (χ4n) is 3.63. The largest absolute Gasteiger partial charge is 0.493 e. The van der Waals surface area contributed by atoms with Crippen molar-refractivity contribution in [3.63, 3.8) is 0 Å². The van der Waals surface area contributed by atoms with Crippen molar-refractivity contribution in [3.8, 4) is 28.4 Å². The normalized spacial score (nSPS) is 10.5. The first-order chi connectivity index (χ1) is 17.0. The summed E-state index contributed by atoms with van der Waals surface area (Å²) in [5, 5.41) is 4.68. The van der Waals surface area contributed by atoms with Crippen LogP contribution in [0.3, 0.4) is 0 Å². The molecule has 1 aromatic heterocycles. The van der Waals surface area contributed by atoms with Gasteiger partial charge in [-0.15, -0.1) is 0 Å². The van der Waals surface area contributed by atoms with E-state index in [4.69, 9.17) is 9.47 Å². The third kappa shape index (κ3) is 5.16. The summed E-state index contributed by atoms with van der Waals surface area (Å²) in [5.41, 5.74) is 8.74. The Morgan fingerprint density at radius 3 is 2.34 bits per heavy atom. The molecule has 0 aliphatic carbocycles. The number of nitrogens with one attached hydrogen (secondary N) is 2. The third-order valence-corrected chi connectivity index (χ3v) is 5.40. The molecular weight excluding hydrogens is 444 g/mol. The van der Waals surface area contributed by atoms with Gasteiger partial charge in [-0.25, -0.2) is 4.68 Å². The number of aryl methyl sites for hydroxylation is 1. The van der Waals surface area contributed by atoms with E-state index < -0.39 is 11.8 Å². The number of nitrogens with zero attached hydrogens (tertiary/aromatic N) is 2. The summed E-state index contributed by atoms with van der Waals surface area (Å²) in [5.74, 6) is -0.0205. The summed E-state index contributed by atoms with van der Waals surface area (Å²) >= 11 is 0. The predicted octanol–water partition coefficient (Wildman–Crippen LogP) is 4.33. The molecule has 0 saturated heterocycles. The first-order valence-corrected chi connectivity index (χ1v) is 11.1. The Labute approximate surface area is 203 Å². The van der Waals surface area contributed by atoms with Gasteiger partial charge < -0.3 is 9.47 Å². The highest BCUT2D eigenvalue weighted by atomic mass is 16.5. The van der Waals surface area contributed by atoms with E-state index in [1.54, 1.807) is 29.1 Å². The van der Waals surface area contributed by atoms with Crippen molar-refractivity contribution in [2.24, 2.45) is 0 Å². The van der Waals surface area contributed by atoms with Crippen molar-refractivity contribution < 1.29 is 19.1 Å². The van der Waals surface area contributed by atoms with E-state index in [-0.39, 0.29) is 0 Å². The zero-order valence-electron chi connectivity index (χ0n) is 19.7. The smallest absolute Gasteiger partial charge is 0.273 e. The Balaban J connectivity index is 1.59. The van der Waals surface area contributed by atoms with E-state index in [0.29, 0.717) is 34.9 Å². The topological polar surface area (TPSA) is 94.5 Å². The van der Waals surface area contributed by atoms with Crippen LogP contribution in [0.2, 0.25) is 0 Å². The van der Waals surface area contributed by atoms with E-state index in [1.165, 1.54) is 7.11 Å². The maximum absolute atomic E-state index is 13.2. The van der Waals surface area contributed by atoms with Crippen molar-refractivity contribution in [2.75, 3.05) is 13.7 Å². The second kappa shape index (κ2) is 10.6. The van der Waals surface area contributed by atoms with E-state index in [9.17, 15) is 9.59 Å². The van der Waals surface area contributed by atoms with E-state index in [0.717, 1.165) is 16.8 Å². The van der Waals surface area contributed by atoms with Crippen molar-refractivity contribution >= 4 is 11.8 Å². The molecule has 35 heavy (non-hydrogen) atoms. The van der Waals surface area contributed by atoms with Crippen LogP contribution in [0.1, 0.15) is 33.2 Å². The number of carbonyl (C=O) groups excluding carboxylic acids is 2. The summed E-state index contributed by atoms with van der Waals surface area (Å²) in [7, 11) is 1.50. The Kier molecular flexibility index (Phi) is 7.11. The Bertz CT molecular complexity index is 1350. The van der Waals surface area contributed by atoms with Gasteiger partial charge in [-0.1, -0.05) is 42.5 Å². The summed E-state index contributed by atoms with van der Waals surface area (Å²) < 4.78 is 12.4. The Morgan fingerprint density at radius 1 is 0.914 bits per heavy atom. The lowest BCUT2D eigenvalue weighted by Gasteiger charge is -2.12. The van der Waals surface area contributed by atoms with Gasteiger partial charge in [-0.2, -0.15) is 5.10 Å². The first kappa shape index (κ1) is 23.6. The van der Waals surface area contributed by atoms with Gasteiger partial charge in [0, 0.05) is 17.3 Å². The number of benzene rings is 3. The number of para-hydroxylation sites is 1. The molecule has 0 spiro atoms. The van der Waals surface area contributed by atoms with Crippen LogP contribution in [-0.2, 0) is 0 Å². The van der Waals surface area contributed by atoms with Crippen LogP contribution in [0.25, 0.3) is 16.9 Å². The molecule has 0 aliphatic heterocycles. The molecular formula is C27H26N4O4. The molecule has 4 rings (SSSR count). The van der Waals surface area contributed by atoms with Crippen molar-refractivity contribution in [2.45, 2.75) is 13.8 Å². The number of methoxy groups -OCH3 is 1. The van der Waals surface area contributed by atoms with Crippen LogP contribution in [0.4, 0.5) is 0 Å². The number of hydrogen-bond acceptors (Lipinski definition) is 5. The van der Waals surface area contributed by atoms with Gasteiger partial charge in [-0.3, -0.25) is 20.4 Å². The number of aromatic nitrogens is 2. The zero-order valence-corrected chi connectivity index (χ0v) is 19.7. The van der Waals surface area contributed by atoms with E-state index in [2.05, 4.69) is 16.0 Å². The molecule has 0 atom stereocenters. The standard InChI is InChI=1S/C27H26N4O4/c1-4-35-23-15-14-19(16-24(23)34-3)26(32)28-29-27(33)22-17-31(20-11-6-5-7-12-20)30-25(22)21-13-9-8-10-18(21)2/h5-17H,4H2,1-3H3,(H,28,32)(H,29,33). The molecule has 3 aromatic carbocycles. The number of ether oxygens (including phenoxy) is 2. The van der Waals surface area contributed by atoms with Crippen LogP contribution in [0, 0.1) is 6.92 Å². The molecule has 1 heterocycles. The lowest BCUT2D eigenvalue weighted by molar-refractivity contribution is 0.0847. The minimum absolute atomic E-state index is 0.310. The van der Waals surface area contributed by atoms with Gasteiger partial charge in [0.1, 0.15) is 5.69 Å². The average molecular weight is 471 g/mol. The molecule has 0 radical (unpaired) electrons. The van der Waals surface area contributed by atoms with Gasteiger partial charge in [0.2, 0.25) is 0 Å². The van der Waals surface area contributed by atoms with Gasteiger partial charge in [0.05, 0.1) is 25.0 Å². The summed E-state index contributed by atoms with van der Waals surface area (Å²) in [6, 6.07) is 22.0. The number of amides is 2. The maximum atomic E-state index is 13.2. The Morgan fingerprint density at radius 2 is 1.63 bits per heavy atom. The molecule has 4 aromatic rings. The summed E-state index contributed by atoms with van der Waals surface area (Å²) in [6.45, 7) is 4.29. The first-order valence-electron chi connectivity index (χ1n) is 11.1. The lowest BCUT2D eigenvalue weighted by Crippen LogP contribution is -2.41. The van der Waals surface area contributed by atoms with E-state index >= 15 is 0 Å². The number of hydrazine groups is 1. The van der Waals surface area contributed by atoms with Crippen molar-refractivity contribution in [1.82, 2.24) is 20.6 Å². The second-order valence-electron chi connectivity index (χ2n) is 7.69. The van der Waals surface area contributed by atoms with Crippen LogP contribution in [0.15, 0.2) is 79.0 Å². The highest BCUT2D eigenvalue weighted by molar-refractivity contribution is 6.02. The van der Waals surface area contributed by atoms with Crippen molar-refractivity contribution in [1.29, 1.82) is 0 Å². The molecule has 0 saturated carbocycles. The van der Waals surface area contributed by atoms with Crippen molar-refractivity contribution in [3.05, 3.63) is 95.7 Å². The van der Waals surface area contributed by atoms with Gasteiger partial charge >= 0.3 is 0 Å². The summed E-state index contributed by atoms with van der Waals surface area (Å²) in [6.07, 6.45) is 1.65. The highest BCUT2D eigenvalue weighted by Gasteiger charge is 2.21. The minimum Gasteiger partial charge on any atom is -0.493 e. The molecule has 2 amide bonds. The molecule has 0 aliphatic rings. The molecule has 2 N–H and O–H groups in total. The molecule has 178 valence electrons. The van der Waals surface area contributed by atoms with Gasteiger partial charge in [0.25, 0.3) is 11.8 Å². The molecule has 0 fully saturated rings. The second-order valence-corrected chi connectivity index (χ2v) is 7.69. The fourth-order valence-corrected chi connectivity index (χ4v) is 3.63. The quantitative estimate of drug-likeness (QED) is 0.392. The molecule has 0 bridgehead atoms. The average Bonchev–Trinajstić information content (AvgIpc) is 3.33. The maximum Gasteiger partial charge on any atom is 0.273 e. The zero-order chi connectivity index (χ0) is 24.8. The number of carbonyl (C=O) groups is 2. The van der Waals surface area contributed by atoms with E-state index in [1.807, 2.05) is 68.4 Å². The third-order valence-electron chi connectivity index (χ3n) is 5.40. The summed E-state index contributed by atoms with van der Waals surface area (Å²) in [4.78, 5) is 25.9. The highest BCUT2D eigenvalue weighted by Crippen LogP contribution is 2.28.